The third-order valence-corrected chi connectivity index (χ3v) is 10.6. The molecule has 3 aliphatic rings. The standard InChI is InChI=1S/C8H8ClNO4S2.C6H4ClNO3S2/c9-6-3-5-7(15-6)16(11,12)10-4-8(5)13-1-2-14-8;7-5-1-3-4(9)2-8-13(10,11)6(3)12-5/h3,10H,1-2,4H2;1,8H,2H2. The first-order valence-corrected chi connectivity index (χ1v) is 13.3. The first-order valence-electron chi connectivity index (χ1n) is 7.94. The Hall–Kier alpha value is -0.610. The number of carbonyl (C=O) groups excluding carboxylic acids is 1. The molecular formula is C14H12Cl2N2O7S4. The summed E-state index contributed by atoms with van der Waals surface area (Å²) in [7, 11) is -6.95. The number of halogens is 2. The van der Waals surface area contributed by atoms with Crippen molar-refractivity contribution in [3.8, 4) is 0 Å². The summed E-state index contributed by atoms with van der Waals surface area (Å²) in [6, 6.07) is 2.99. The van der Waals surface area contributed by atoms with E-state index in [1.807, 2.05) is 0 Å². The molecule has 9 nitrogen and oxygen atoms in total. The molecule has 2 N–H and O–H groups in total. The number of rotatable bonds is 0. The van der Waals surface area contributed by atoms with Gasteiger partial charge in [-0.3, -0.25) is 4.79 Å². The number of fused-ring (bicyclic) bond motifs is 3. The van der Waals surface area contributed by atoms with E-state index < -0.39 is 25.8 Å². The van der Waals surface area contributed by atoms with Gasteiger partial charge in [-0.2, -0.15) is 0 Å². The van der Waals surface area contributed by atoms with E-state index >= 15 is 0 Å². The van der Waals surface area contributed by atoms with Crippen molar-refractivity contribution in [1.29, 1.82) is 0 Å². The number of Topliss-reactive ketones (excluding diaryl/α,β-unsaturated/α-hetero) is 1. The molecule has 15 heteroatoms. The molecule has 1 fully saturated rings. The smallest absolute Gasteiger partial charge is 0.251 e. The van der Waals surface area contributed by atoms with E-state index in [0.717, 1.165) is 22.7 Å². The quantitative estimate of drug-likeness (QED) is 0.543. The van der Waals surface area contributed by atoms with Gasteiger partial charge >= 0.3 is 0 Å². The van der Waals surface area contributed by atoms with Crippen molar-refractivity contribution < 1.29 is 31.1 Å². The van der Waals surface area contributed by atoms with Crippen LogP contribution in [0.3, 0.4) is 0 Å². The van der Waals surface area contributed by atoms with Crippen LogP contribution in [0.25, 0.3) is 0 Å². The van der Waals surface area contributed by atoms with Gasteiger partial charge < -0.3 is 9.47 Å². The van der Waals surface area contributed by atoms with Gasteiger partial charge in [0, 0.05) is 5.56 Å². The lowest BCUT2D eigenvalue weighted by Gasteiger charge is -2.31. The van der Waals surface area contributed by atoms with E-state index in [2.05, 4.69) is 9.44 Å². The van der Waals surface area contributed by atoms with Crippen molar-refractivity contribution in [1.82, 2.24) is 9.44 Å². The van der Waals surface area contributed by atoms with Gasteiger partial charge in [0.15, 0.2) is 5.78 Å². The van der Waals surface area contributed by atoms with Gasteiger partial charge in [0.2, 0.25) is 5.79 Å². The van der Waals surface area contributed by atoms with Crippen molar-refractivity contribution in [3.63, 3.8) is 0 Å². The van der Waals surface area contributed by atoms with Crippen molar-refractivity contribution in [2.45, 2.75) is 14.2 Å². The van der Waals surface area contributed by atoms with Crippen LogP contribution < -0.4 is 9.44 Å². The molecule has 5 heterocycles. The summed E-state index contributed by atoms with van der Waals surface area (Å²) in [5, 5.41) is 0. The monoisotopic (exact) mass is 518 g/mol. The van der Waals surface area contributed by atoms with Crippen LogP contribution in [0.4, 0.5) is 0 Å². The fraction of sp³-hybridized carbons (Fsp3) is 0.357. The van der Waals surface area contributed by atoms with E-state index in [1.54, 1.807) is 6.07 Å². The normalized spacial score (nSPS) is 23.2. The van der Waals surface area contributed by atoms with Crippen molar-refractivity contribution >= 4 is 71.7 Å². The zero-order valence-electron chi connectivity index (χ0n) is 14.2. The number of ether oxygens (including phenoxy) is 2. The second-order valence-corrected chi connectivity index (χ2v) is 13.3. The van der Waals surface area contributed by atoms with Crippen LogP contribution in [-0.4, -0.2) is 48.9 Å². The third-order valence-electron chi connectivity index (χ3n) is 4.21. The summed E-state index contributed by atoms with van der Waals surface area (Å²) in [5.41, 5.74) is 0.715. The number of hydrogen-bond donors (Lipinski definition) is 2. The summed E-state index contributed by atoms with van der Waals surface area (Å²) in [6.07, 6.45) is 0. The lowest BCUT2D eigenvalue weighted by molar-refractivity contribution is -0.162. The van der Waals surface area contributed by atoms with E-state index in [1.165, 1.54) is 6.07 Å². The number of ketones is 1. The maximum atomic E-state index is 11.8. The fourth-order valence-electron chi connectivity index (χ4n) is 2.93. The van der Waals surface area contributed by atoms with E-state index in [-0.39, 0.29) is 32.9 Å². The van der Waals surface area contributed by atoms with Crippen LogP contribution in [-0.2, 0) is 35.3 Å². The predicted molar refractivity (Wildman–Crippen MR) is 107 cm³/mol. The summed E-state index contributed by atoms with van der Waals surface area (Å²) >= 11 is 13.4. The highest BCUT2D eigenvalue weighted by atomic mass is 35.5. The Kier molecular flexibility index (Phi) is 5.60. The van der Waals surface area contributed by atoms with Crippen LogP contribution in [0.5, 0.6) is 0 Å². The van der Waals surface area contributed by atoms with Crippen molar-refractivity contribution in [2.75, 3.05) is 26.3 Å². The molecule has 0 aromatic carbocycles. The van der Waals surface area contributed by atoms with Crippen LogP contribution in [0, 0.1) is 0 Å². The maximum Gasteiger partial charge on any atom is 0.251 e. The molecule has 0 radical (unpaired) electrons. The highest BCUT2D eigenvalue weighted by molar-refractivity contribution is 7.92. The average Bonchev–Trinajstić information content (AvgIpc) is 3.36. The summed E-state index contributed by atoms with van der Waals surface area (Å²) < 4.78 is 62.7. The summed E-state index contributed by atoms with van der Waals surface area (Å²) in [4.78, 5) is 11.2. The fourth-order valence-corrected chi connectivity index (χ4v) is 8.90. The van der Waals surface area contributed by atoms with E-state index in [4.69, 9.17) is 32.7 Å². The third kappa shape index (κ3) is 3.89. The first kappa shape index (κ1) is 21.6. The Morgan fingerprint density at radius 2 is 1.52 bits per heavy atom. The summed E-state index contributed by atoms with van der Waals surface area (Å²) in [5.74, 6) is -1.22. The van der Waals surface area contributed by atoms with Crippen LogP contribution in [0.1, 0.15) is 15.9 Å². The van der Waals surface area contributed by atoms with Crippen molar-refractivity contribution in [3.05, 3.63) is 31.9 Å². The zero-order chi connectivity index (χ0) is 21.0. The van der Waals surface area contributed by atoms with Gasteiger partial charge in [-0.15, -0.1) is 22.7 Å². The lowest BCUT2D eigenvalue weighted by atomic mass is 10.1. The molecule has 2 aromatic heterocycles. The Morgan fingerprint density at radius 1 is 0.931 bits per heavy atom. The Morgan fingerprint density at radius 3 is 2.17 bits per heavy atom. The zero-order valence-corrected chi connectivity index (χ0v) is 19.0. The van der Waals surface area contributed by atoms with Crippen molar-refractivity contribution in [2.24, 2.45) is 0 Å². The average molecular weight is 519 g/mol. The molecule has 0 bridgehead atoms. The highest BCUT2D eigenvalue weighted by Gasteiger charge is 2.48. The minimum absolute atomic E-state index is 0.0220. The number of sulfonamides is 2. The Bertz CT molecular complexity index is 1200. The molecule has 0 atom stereocenters. The first-order chi connectivity index (χ1) is 13.5. The largest absolute Gasteiger partial charge is 0.342 e. The minimum atomic E-state index is -3.49. The van der Waals surface area contributed by atoms with Gasteiger partial charge in [-0.05, 0) is 12.1 Å². The molecule has 29 heavy (non-hydrogen) atoms. The predicted octanol–water partition coefficient (Wildman–Crippen LogP) is 1.77. The number of carbonyl (C=O) groups is 1. The number of nitrogens with one attached hydrogen (secondary N) is 2. The molecule has 1 saturated heterocycles. The molecular weight excluding hydrogens is 507 g/mol. The van der Waals surface area contributed by atoms with Crippen LogP contribution in [0.2, 0.25) is 8.67 Å². The molecule has 0 amide bonds. The Labute approximate surface area is 184 Å². The van der Waals surface area contributed by atoms with Gasteiger partial charge in [-0.25, -0.2) is 26.3 Å². The SMILES string of the molecule is O=C1CNS(=O)(=O)c2sc(Cl)cc21.O=S1(=O)NCC2(OCCO2)c2cc(Cl)sc21. The highest BCUT2D eigenvalue weighted by Crippen LogP contribution is 2.43. The minimum Gasteiger partial charge on any atom is -0.342 e. The number of thiophene rings is 2. The van der Waals surface area contributed by atoms with Gasteiger partial charge in [0.1, 0.15) is 8.42 Å². The Balaban J connectivity index is 0.000000145. The molecule has 2 aromatic rings. The maximum absolute atomic E-state index is 11.8. The van der Waals surface area contributed by atoms with Gasteiger partial charge in [-0.1, -0.05) is 23.2 Å². The lowest BCUT2D eigenvalue weighted by Crippen LogP contribution is -2.46. The molecule has 0 aliphatic carbocycles. The topological polar surface area (TPSA) is 128 Å². The summed E-state index contributed by atoms with van der Waals surface area (Å²) in [6.45, 7) is 0.820. The molecule has 0 saturated carbocycles. The second kappa shape index (κ2) is 7.51. The second-order valence-electron chi connectivity index (χ2n) is 6.03. The molecule has 1 spiro atoms. The number of hydrogen-bond acceptors (Lipinski definition) is 9. The van der Waals surface area contributed by atoms with Gasteiger partial charge in [0.25, 0.3) is 20.0 Å². The van der Waals surface area contributed by atoms with Crippen LogP contribution in [0.15, 0.2) is 20.6 Å². The van der Waals surface area contributed by atoms with Gasteiger partial charge in [0.05, 0.1) is 40.5 Å². The molecule has 158 valence electrons. The van der Waals surface area contributed by atoms with E-state index in [0.29, 0.717) is 27.4 Å². The molecule has 5 rings (SSSR count). The van der Waals surface area contributed by atoms with E-state index in [9.17, 15) is 21.6 Å². The molecule has 3 aliphatic heterocycles. The molecule has 0 unspecified atom stereocenters. The van der Waals surface area contributed by atoms with Crippen LogP contribution >= 0.6 is 45.9 Å².